The van der Waals surface area contributed by atoms with Crippen LogP contribution in [0.3, 0.4) is 0 Å². The number of hydrogen-bond acceptors (Lipinski definition) is 4. The molecular formula is C14H21FN2O2. The Morgan fingerprint density at radius 2 is 2.00 bits per heavy atom. The van der Waals surface area contributed by atoms with Gasteiger partial charge in [-0.1, -0.05) is 0 Å². The highest BCUT2D eigenvalue weighted by Crippen LogP contribution is 2.26. The molecule has 1 fully saturated rings. The number of ether oxygens (including phenoxy) is 1. The molecule has 4 nitrogen and oxygen atoms in total. The number of aliphatic hydroxyl groups is 1. The minimum Gasteiger partial charge on any atom is -0.496 e. The summed E-state index contributed by atoms with van der Waals surface area (Å²) in [5.41, 5.74) is 0.515. The van der Waals surface area contributed by atoms with Crippen molar-refractivity contribution < 1.29 is 14.2 Å². The fourth-order valence-corrected chi connectivity index (χ4v) is 2.34. The van der Waals surface area contributed by atoms with Crippen LogP contribution in [0.4, 0.5) is 4.39 Å². The van der Waals surface area contributed by atoms with Gasteiger partial charge in [0, 0.05) is 38.3 Å². The van der Waals surface area contributed by atoms with E-state index in [1.54, 1.807) is 6.07 Å². The maximum absolute atomic E-state index is 13.3. The molecule has 1 saturated heterocycles. The molecule has 106 valence electrons. The fourth-order valence-electron chi connectivity index (χ4n) is 2.34. The third-order valence-corrected chi connectivity index (χ3v) is 3.58. The highest BCUT2D eigenvalue weighted by atomic mass is 19.1. The molecule has 0 saturated carbocycles. The lowest BCUT2D eigenvalue weighted by Gasteiger charge is -2.33. The summed E-state index contributed by atoms with van der Waals surface area (Å²) in [5.74, 6) is 0.177. The van der Waals surface area contributed by atoms with Gasteiger partial charge in [0.05, 0.1) is 13.2 Å². The highest BCUT2D eigenvalue weighted by Gasteiger charge is 2.20. The smallest absolute Gasteiger partial charge is 0.124 e. The van der Waals surface area contributed by atoms with E-state index in [1.807, 2.05) is 0 Å². The SMILES string of the molecule is COc1ccc(F)cc1C(O)CN1CCN(C)CC1. The van der Waals surface area contributed by atoms with Gasteiger partial charge in [0.15, 0.2) is 0 Å². The number of likely N-dealkylation sites (N-methyl/N-ethyl adjacent to an activating group) is 1. The number of hydrogen-bond donors (Lipinski definition) is 1. The topological polar surface area (TPSA) is 35.9 Å². The van der Waals surface area contributed by atoms with Crippen LogP contribution in [0.1, 0.15) is 11.7 Å². The van der Waals surface area contributed by atoms with E-state index in [9.17, 15) is 9.50 Å². The first kappa shape index (κ1) is 14.2. The molecule has 1 aliphatic heterocycles. The van der Waals surface area contributed by atoms with E-state index in [4.69, 9.17) is 4.74 Å². The summed E-state index contributed by atoms with van der Waals surface area (Å²) in [4.78, 5) is 4.45. The first-order chi connectivity index (χ1) is 9.10. The van der Waals surface area contributed by atoms with Crippen molar-refractivity contribution in [3.63, 3.8) is 0 Å². The second-order valence-corrected chi connectivity index (χ2v) is 5.01. The number of piperazine rings is 1. The second kappa shape index (κ2) is 6.32. The summed E-state index contributed by atoms with van der Waals surface area (Å²) in [6.45, 7) is 4.34. The van der Waals surface area contributed by atoms with E-state index in [1.165, 1.54) is 19.2 Å². The molecule has 0 spiro atoms. The van der Waals surface area contributed by atoms with Gasteiger partial charge in [0.2, 0.25) is 0 Å². The van der Waals surface area contributed by atoms with Crippen LogP contribution in [-0.4, -0.2) is 61.8 Å². The molecule has 1 unspecified atom stereocenters. The minimum atomic E-state index is -0.728. The number of halogens is 1. The Hall–Kier alpha value is -1.17. The van der Waals surface area contributed by atoms with Gasteiger partial charge in [-0.3, -0.25) is 4.90 Å². The molecule has 1 heterocycles. The summed E-state index contributed by atoms with van der Waals surface area (Å²) in [6, 6.07) is 4.24. The average molecular weight is 268 g/mol. The van der Waals surface area contributed by atoms with Crippen molar-refractivity contribution in [2.24, 2.45) is 0 Å². The summed E-state index contributed by atoms with van der Waals surface area (Å²) in [6.07, 6.45) is -0.728. The molecule has 0 aromatic heterocycles. The van der Waals surface area contributed by atoms with Crippen LogP contribution < -0.4 is 4.74 Å². The van der Waals surface area contributed by atoms with Crippen LogP contribution in [0.5, 0.6) is 5.75 Å². The molecule has 1 aromatic rings. The number of methoxy groups -OCH3 is 1. The minimum absolute atomic E-state index is 0.353. The van der Waals surface area contributed by atoms with Crippen LogP contribution in [-0.2, 0) is 0 Å². The number of aliphatic hydroxyl groups excluding tert-OH is 1. The van der Waals surface area contributed by atoms with Crippen molar-refractivity contribution >= 4 is 0 Å². The lowest BCUT2D eigenvalue weighted by Crippen LogP contribution is -2.45. The molecule has 5 heteroatoms. The average Bonchev–Trinajstić information content (AvgIpc) is 2.41. The molecule has 1 N–H and O–H groups in total. The Bertz CT molecular complexity index is 420. The molecule has 0 amide bonds. The van der Waals surface area contributed by atoms with E-state index in [-0.39, 0.29) is 5.82 Å². The van der Waals surface area contributed by atoms with Crippen LogP contribution in [0.25, 0.3) is 0 Å². The zero-order valence-corrected chi connectivity index (χ0v) is 11.5. The first-order valence-corrected chi connectivity index (χ1v) is 6.52. The van der Waals surface area contributed by atoms with Gasteiger partial charge < -0.3 is 14.7 Å². The highest BCUT2D eigenvalue weighted by molar-refractivity contribution is 5.35. The van der Waals surface area contributed by atoms with Gasteiger partial charge in [-0.05, 0) is 25.2 Å². The van der Waals surface area contributed by atoms with Crippen molar-refractivity contribution in [2.45, 2.75) is 6.10 Å². The summed E-state index contributed by atoms with van der Waals surface area (Å²) >= 11 is 0. The summed E-state index contributed by atoms with van der Waals surface area (Å²) < 4.78 is 18.5. The van der Waals surface area contributed by atoms with E-state index in [0.29, 0.717) is 17.9 Å². The number of rotatable bonds is 4. The normalized spacial score (nSPS) is 19.4. The number of nitrogens with zero attached hydrogens (tertiary/aromatic N) is 2. The quantitative estimate of drug-likeness (QED) is 0.887. The van der Waals surface area contributed by atoms with Crippen molar-refractivity contribution in [2.75, 3.05) is 46.9 Å². The standard InChI is InChI=1S/C14H21FN2O2/c1-16-5-7-17(8-6-16)10-13(18)12-9-11(15)3-4-14(12)19-2/h3-4,9,13,18H,5-8,10H2,1-2H3. The molecule has 0 bridgehead atoms. The van der Waals surface area contributed by atoms with Gasteiger partial charge in [0.1, 0.15) is 11.6 Å². The molecule has 2 rings (SSSR count). The Morgan fingerprint density at radius 3 is 2.63 bits per heavy atom. The Kier molecular flexibility index (Phi) is 4.74. The van der Waals surface area contributed by atoms with Gasteiger partial charge >= 0.3 is 0 Å². The van der Waals surface area contributed by atoms with Crippen LogP contribution >= 0.6 is 0 Å². The van der Waals surface area contributed by atoms with Crippen LogP contribution in [0.2, 0.25) is 0 Å². The lowest BCUT2D eigenvalue weighted by molar-refractivity contribution is 0.0789. The maximum Gasteiger partial charge on any atom is 0.124 e. The molecule has 1 aromatic carbocycles. The van der Waals surface area contributed by atoms with Crippen molar-refractivity contribution in [3.05, 3.63) is 29.6 Å². The second-order valence-electron chi connectivity index (χ2n) is 5.01. The van der Waals surface area contributed by atoms with E-state index in [0.717, 1.165) is 26.2 Å². The molecule has 0 radical (unpaired) electrons. The number of β-amino-alcohol motifs (C(OH)–C–C–N with tert-alkyl or cyclic N) is 1. The third-order valence-electron chi connectivity index (χ3n) is 3.58. The summed E-state index contributed by atoms with van der Waals surface area (Å²) in [7, 11) is 3.61. The van der Waals surface area contributed by atoms with E-state index >= 15 is 0 Å². The molecule has 1 atom stereocenters. The zero-order valence-electron chi connectivity index (χ0n) is 11.5. The van der Waals surface area contributed by atoms with E-state index in [2.05, 4.69) is 16.8 Å². The van der Waals surface area contributed by atoms with Gasteiger partial charge in [-0.25, -0.2) is 4.39 Å². The van der Waals surface area contributed by atoms with Gasteiger partial charge in [-0.15, -0.1) is 0 Å². The fraction of sp³-hybridized carbons (Fsp3) is 0.571. The maximum atomic E-state index is 13.3. The zero-order chi connectivity index (χ0) is 13.8. The molecule has 1 aliphatic rings. The third kappa shape index (κ3) is 3.65. The van der Waals surface area contributed by atoms with Gasteiger partial charge in [0.25, 0.3) is 0 Å². The lowest BCUT2D eigenvalue weighted by atomic mass is 10.1. The Morgan fingerprint density at radius 1 is 1.32 bits per heavy atom. The molecule has 19 heavy (non-hydrogen) atoms. The predicted molar refractivity (Wildman–Crippen MR) is 71.8 cm³/mol. The largest absolute Gasteiger partial charge is 0.496 e. The van der Waals surface area contributed by atoms with Crippen LogP contribution in [0.15, 0.2) is 18.2 Å². The monoisotopic (exact) mass is 268 g/mol. The molecular weight excluding hydrogens is 247 g/mol. The Balaban J connectivity index is 2.03. The van der Waals surface area contributed by atoms with Crippen LogP contribution in [0, 0.1) is 5.82 Å². The molecule has 0 aliphatic carbocycles. The summed E-state index contributed by atoms with van der Waals surface area (Å²) in [5, 5.41) is 10.3. The first-order valence-electron chi connectivity index (χ1n) is 6.52. The Labute approximate surface area is 113 Å². The number of benzene rings is 1. The van der Waals surface area contributed by atoms with Crippen molar-refractivity contribution in [1.29, 1.82) is 0 Å². The van der Waals surface area contributed by atoms with Crippen molar-refractivity contribution in [1.82, 2.24) is 9.80 Å². The predicted octanol–water partition coefficient (Wildman–Crippen LogP) is 1.12. The van der Waals surface area contributed by atoms with Gasteiger partial charge in [-0.2, -0.15) is 0 Å². The van der Waals surface area contributed by atoms with Crippen molar-refractivity contribution in [3.8, 4) is 5.75 Å². The van der Waals surface area contributed by atoms with E-state index < -0.39 is 6.10 Å².